The third-order valence-electron chi connectivity index (χ3n) is 3.48. The number of benzene rings is 2. The van der Waals surface area contributed by atoms with Crippen molar-refractivity contribution in [3.63, 3.8) is 0 Å². The smallest absolute Gasteiger partial charge is 0.416 e. The Kier molecular flexibility index (Phi) is 6.81. The topological polar surface area (TPSA) is 57.1 Å². The second kappa shape index (κ2) is 9.07. The van der Waals surface area contributed by atoms with Gasteiger partial charge in [-0.05, 0) is 30.7 Å². The Morgan fingerprint density at radius 1 is 1.11 bits per heavy atom. The molecule has 0 aliphatic rings. The number of halogens is 3. The van der Waals surface area contributed by atoms with Crippen molar-refractivity contribution in [1.29, 1.82) is 0 Å². The molecule has 0 amide bonds. The Bertz CT molecular complexity index is 819. The summed E-state index contributed by atoms with van der Waals surface area (Å²) in [6.07, 6.45) is -4.46. The molecule has 2 aromatic carbocycles. The summed E-state index contributed by atoms with van der Waals surface area (Å²) in [6.45, 7) is 1.75. The Morgan fingerprint density at radius 2 is 1.85 bits per heavy atom. The van der Waals surface area contributed by atoms with E-state index in [1.54, 1.807) is 31.2 Å². The lowest BCUT2D eigenvalue weighted by Gasteiger charge is -2.13. The third kappa shape index (κ3) is 5.47. The predicted octanol–water partition coefficient (Wildman–Crippen LogP) is 4.20. The third-order valence-corrected chi connectivity index (χ3v) is 3.48. The van der Waals surface area contributed by atoms with E-state index in [-0.39, 0.29) is 24.7 Å². The van der Waals surface area contributed by atoms with Crippen LogP contribution in [0.1, 0.15) is 23.6 Å². The number of nitrogens with zero attached hydrogens (tertiary/aromatic N) is 1. The van der Waals surface area contributed by atoms with Crippen molar-refractivity contribution in [2.75, 3.05) is 13.7 Å². The number of carbonyl (C=O) groups is 1. The fourth-order valence-corrected chi connectivity index (χ4v) is 2.29. The van der Waals surface area contributed by atoms with Crippen molar-refractivity contribution < 1.29 is 32.3 Å². The summed E-state index contributed by atoms with van der Waals surface area (Å²) < 4.78 is 48.9. The summed E-state index contributed by atoms with van der Waals surface area (Å²) in [6, 6.07) is 11.3. The van der Waals surface area contributed by atoms with Crippen LogP contribution in [-0.4, -0.2) is 25.4 Å². The summed E-state index contributed by atoms with van der Waals surface area (Å²) in [4.78, 5) is 16.8. The molecule has 2 rings (SSSR count). The molecule has 144 valence electrons. The van der Waals surface area contributed by atoms with Crippen molar-refractivity contribution in [3.05, 3.63) is 65.2 Å². The molecule has 5 nitrogen and oxygen atoms in total. The van der Waals surface area contributed by atoms with Crippen LogP contribution in [0.2, 0.25) is 0 Å². The zero-order chi connectivity index (χ0) is 19.9. The van der Waals surface area contributed by atoms with Gasteiger partial charge in [0.25, 0.3) is 0 Å². The molecule has 0 aliphatic heterocycles. The maximum absolute atomic E-state index is 12.8. The number of alkyl halides is 3. The van der Waals surface area contributed by atoms with Crippen LogP contribution in [0, 0.1) is 0 Å². The van der Waals surface area contributed by atoms with E-state index in [9.17, 15) is 18.0 Å². The second-order valence-electron chi connectivity index (χ2n) is 5.31. The second-order valence-corrected chi connectivity index (χ2v) is 5.31. The number of ether oxygens (including phenoxy) is 2. The monoisotopic (exact) mass is 381 g/mol. The van der Waals surface area contributed by atoms with Crippen LogP contribution in [0.25, 0.3) is 0 Å². The Balaban J connectivity index is 2.26. The van der Waals surface area contributed by atoms with Crippen molar-refractivity contribution in [2.24, 2.45) is 5.16 Å². The van der Waals surface area contributed by atoms with Gasteiger partial charge in [0.2, 0.25) is 0 Å². The van der Waals surface area contributed by atoms with E-state index in [1.165, 1.54) is 19.2 Å². The summed E-state index contributed by atoms with van der Waals surface area (Å²) in [5.74, 6) is -0.619. The highest BCUT2D eigenvalue weighted by molar-refractivity contribution is 6.43. The summed E-state index contributed by atoms with van der Waals surface area (Å²) in [5.41, 5.74) is 0.0903. The van der Waals surface area contributed by atoms with Crippen molar-refractivity contribution in [1.82, 2.24) is 0 Å². The van der Waals surface area contributed by atoms with Crippen LogP contribution < -0.4 is 4.74 Å². The quantitative estimate of drug-likeness (QED) is 0.410. The van der Waals surface area contributed by atoms with Gasteiger partial charge in [0.05, 0.1) is 12.2 Å². The molecule has 0 bridgehead atoms. The van der Waals surface area contributed by atoms with E-state index in [2.05, 4.69) is 5.16 Å². The average molecular weight is 381 g/mol. The van der Waals surface area contributed by atoms with Gasteiger partial charge in [-0.3, -0.25) is 0 Å². The van der Waals surface area contributed by atoms with E-state index in [4.69, 9.17) is 14.3 Å². The minimum atomic E-state index is -4.46. The van der Waals surface area contributed by atoms with Crippen LogP contribution >= 0.6 is 0 Å². The first kappa shape index (κ1) is 20.3. The van der Waals surface area contributed by atoms with Crippen molar-refractivity contribution >= 4 is 11.7 Å². The van der Waals surface area contributed by atoms with Crippen LogP contribution in [0.5, 0.6) is 5.75 Å². The number of rotatable bonds is 7. The average Bonchev–Trinajstić information content (AvgIpc) is 2.64. The minimum absolute atomic E-state index is 0.0532. The highest BCUT2D eigenvalue weighted by atomic mass is 19.4. The first-order valence-corrected chi connectivity index (χ1v) is 8.03. The Labute approximate surface area is 154 Å². The first-order chi connectivity index (χ1) is 12.9. The number of esters is 1. The molecule has 0 aromatic heterocycles. The normalized spacial score (nSPS) is 11.8. The van der Waals surface area contributed by atoms with E-state index in [0.29, 0.717) is 11.1 Å². The van der Waals surface area contributed by atoms with Gasteiger partial charge in [-0.1, -0.05) is 35.5 Å². The molecule has 0 atom stereocenters. The van der Waals surface area contributed by atoms with Gasteiger partial charge in [-0.25, -0.2) is 4.79 Å². The Hall–Kier alpha value is -3.03. The molecule has 0 saturated heterocycles. The van der Waals surface area contributed by atoms with Gasteiger partial charge in [0.1, 0.15) is 19.5 Å². The van der Waals surface area contributed by atoms with Gasteiger partial charge in [-0.15, -0.1) is 0 Å². The number of oxime groups is 1. The zero-order valence-corrected chi connectivity index (χ0v) is 14.7. The van der Waals surface area contributed by atoms with Gasteiger partial charge >= 0.3 is 12.1 Å². The lowest BCUT2D eigenvalue weighted by molar-refractivity contribution is -0.138. The number of hydrogen-bond acceptors (Lipinski definition) is 5. The molecule has 8 heteroatoms. The lowest BCUT2D eigenvalue weighted by Crippen LogP contribution is -2.21. The maximum atomic E-state index is 12.8. The Morgan fingerprint density at radius 3 is 2.52 bits per heavy atom. The van der Waals surface area contributed by atoms with Crippen LogP contribution in [0.4, 0.5) is 13.2 Å². The largest absolute Gasteiger partial charge is 0.489 e. The predicted molar refractivity (Wildman–Crippen MR) is 92.4 cm³/mol. The van der Waals surface area contributed by atoms with Gasteiger partial charge < -0.3 is 14.3 Å². The van der Waals surface area contributed by atoms with E-state index >= 15 is 0 Å². The molecule has 0 radical (unpaired) electrons. The minimum Gasteiger partial charge on any atom is -0.489 e. The molecular formula is C19H18F3NO4. The zero-order valence-electron chi connectivity index (χ0n) is 14.7. The first-order valence-electron chi connectivity index (χ1n) is 8.03. The standard InChI is InChI=1S/C19H18F3NO4/c1-3-26-18(24)17(23-25-2)16-10-5-4-7-13(16)12-27-15-9-6-8-14(11-15)19(20,21)22/h4-11H,3,12H2,1-2H3. The molecule has 2 aromatic rings. The number of hydrogen-bond donors (Lipinski definition) is 0. The van der Waals surface area contributed by atoms with Gasteiger partial charge in [0, 0.05) is 5.56 Å². The molecule has 0 fully saturated rings. The molecular weight excluding hydrogens is 363 g/mol. The van der Waals surface area contributed by atoms with Crippen molar-refractivity contribution in [2.45, 2.75) is 19.7 Å². The van der Waals surface area contributed by atoms with Gasteiger partial charge in [0.15, 0.2) is 5.71 Å². The fourth-order valence-electron chi connectivity index (χ4n) is 2.29. The SMILES string of the molecule is CCOC(=O)C(=NOC)c1ccccc1COc1cccc(C(F)(F)F)c1. The summed E-state index contributed by atoms with van der Waals surface area (Å²) in [7, 11) is 1.29. The fraction of sp³-hybridized carbons (Fsp3) is 0.263. The molecule has 0 saturated carbocycles. The van der Waals surface area contributed by atoms with E-state index < -0.39 is 17.7 Å². The molecule has 0 aliphatic carbocycles. The van der Waals surface area contributed by atoms with Gasteiger partial charge in [-0.2, -0.15) is 13.2 Å². The molecule has 0 spiro atoms. The number of carbonyl (C=O) groups excluding carboxylic acids is 1. The summed E-state index contributed by atoms with van der Waals surface area (Å²) >= 11 is 0. The summed E-state index contributed by atoms with van der Waals surface area (Å²) in [5, 5.41) is 3.71. The van der Waals surface area contributed by atoms with Crippen LogP contribution in [0.15, 0.2) is 53.7 Å². The van der Waals surface area contributed by atoms with Crippen molar-refractivity contribution in [3.8, 4) is 5.75 Å². The van der Waals surface area contributed by atoms with E-state index in [0.717, 1.165) is 12.1 Å². The molecule has 0 heterocycles. The highest BCUT2D eigenvalue weighted by Crippen LogP contribution is 2.31. The molecule has 27 heavy (non-hydrogen) atoms. The van der Waals surface area contributed by atoms with E-state index in [1.807, 2.05) is 0 Å². The lowest BCUT2D eigenvalue weighted by atomic mass is 10.0. The highest BCUT2D eigenvalue weighted by Gasteiger charge is 2.30. The molecule has 0 N–H and O–H groups in total. The molecule has 0 unspecified atom stereocenters. The van der Waals surface area contributed by atoms with Crippen LogP contribution in [0.3, 0.4) is 0 Å². The van der Waals surface area contributed by atoms with Crippen LogP contribution in [-0.2, 0) is 27.2 Å². The maximum Gasteiger partial charge on any atom is 0.416 e.